The highest BCUT2D eigenvalue weighted by Gasteiger charge is 2.10. The molecule has 3 nitrogen and oxygen atoms in total. The van der Waals surface area contributed by atoms with Crippen molar-refractivity contribution in [2.24, 2.45) is 0 Å². The molecule has 1 heterocycles. The van der Waals surface area contributed by atoms with Crippen LogP contribution in [-0.4, -0.2) is 15.6 Å². The van der Waals surface area contributed by atoms with Crippen LogP contribution in [0, 0.1) is 0 Å². The number of carboxylic acids is 1. The Labute approximate surface area is 133 Å². The second kappa shape index (κ2) is 6.71. The Hall–Kier alpha value is -2.20. The van der Waals surface area contributed by atoms with E-state index >= 15 is 0 Å². The minimum Gasteiger partial charge on any atom is -0.481 e. The Kier molecular flexibility index (Phi) is 4.49. The number of aliphatic carboxylic acids is 1. The molecular weight excluding hydrogens is 294 g/mol. The molecule has 0 radical (unpaired) electrons. The topological polar surface area (TPSA) is 42.2 Å². The number of fused-ring (bicyclic) bond motifs is 1. The van der Waals surface area contributed by atoms with Gasteiger partial charge in [0.2, 0.25) is 0 Å². The quantitative estimate of drug-likeness (QED) is 0.686. The Bertz CT molecular complexity index is 780. The van der Waals surface area contributed by atoms with Crippen LogP contribution in [0.5, 0.6) is 0 Å². The second-order valence-corrected chi connectivity index (χ2v) is 6.11. The number of para-hydroxylation sites is 1. The lowest BCUT2D eigenvalue weighted by atomic mass is 10.2. The molecule has 3 aromatic rings. The fraction of sp³-hybridized carbons (Fsp3) is 0.167. The van der Waals surface area contributed by atoms with Crippen molar-refractivity contribution in [3.05, 3.63) is 66.2 Å². The Balaban J connectivity index is 1.86. The number of aromatic nitrogens is 1. The first-order valence-corrected chi connectivity index (χ1v) is 8.19. The Morgan fingerprint density at radius 3 is 2.55 bits per heavy atom. The molecule has 0 aliphatic heterocycles. The molecule has 0 aliphatic rings. The largest absolute Gasteiger partial charge is 0.481 e. The SMILES string of the molecule is O=C(O)CCn1c(SCc2ccccc2)cc2ccccc21. The summed E-state index contributed by atoms with van der Waals surface area (Å²) in [5.74, 6) is 0.112. The van der Waals surface area contributed by atoms with Crippen LogP contribution < -0.4 is 0 Å². The molecule has 0 unspecified atom stereocenters. The van der Waals surface area contributed by atoms with Crippen LogP contribution >= 0.6 is 11.8 Å². The van der Waals surface area contributed by atoms with Gasteiger partial charge in [0.25, 0.3) is 0 Å². The Morgan fingerprint density at radius 2 is 1.77 bits per heavy atom. The maximum atomic E-state index is 10.9. The summed E-state index contributed by atoms with van der Waals surface area (Å²) in [6.07, 6.45) is 0.136. The second-order valence-electron chi connectivity index (χ2n) is 5.11. The van der Waals surface area contributed by atoms with Gasteiger partial charge in [0, 0.05) is 23.2 Å². The number of carbonyl (C=O) groups is 1. The molecule has 0 fully saturated rings. The molecule has 3 rings (SSSR count). The van der Waals surface area contributed by atoms with Crippen molar-refractivity contribution in [1.82, 2.24) is 4.57 Å². The number of aryl methyl sites for hydroxylation is 1. The predicted octanol–water partition coefficient (Wildman–Crippen LogP) is 4.41. The molecule has 0 saturated heterocycles. The van der Waals surface area contributed by atoms with E-state index in [1.54, 1.807) is 11.8 Å². The molecule has 2 aromatic carbocycles. The minimum atomic E-state index is -0.767. The zero-order valence-corrected chi connectivity index (χ0v) is 12.9. The van der Waals surface area contributed by atoms with Crippen molar-refractivity contribution in [3.63, 3.8) is 0 Å². The first-order chi connectivity index (χ1) is 10.7. The monoisotopic (exact) mass is 311 g/mol. The van der Waals surface area contributed by atoms with Crippen LogP contribution in [-0.2, 0) is 17.1 Å². The van der Waals surface area contributed by atoms with Crippen LogP contribution in [0.25, 0.3) is 10.9 Å². The normalized spacial score (nSPS) is 10.9. The van der Waals surface area contributed by atoms with Gasteiger partial charge in [0.05, 0.1) is 11.4 Å². The summed E-state index contributed by atoms with van der Waals surface area (Å²) in [6.45, 7) is 0.500. The van der Waals surface area contributed by atoms with Gasteiger partial charge in [-0.1, -0.05) is 48.5 Å². The van der Waals surface area contributed by atoms with Gasteiger partial charge in [-0.2, -0.15) is 0 Å². The van der Waals surface area contributed by atoms with E-state index in [9.17, 15) is 4.79 Å². The summed E-state index contributed by atoms with van der Waals surface area (Å²) in [6, 6.07) is 20.6. The number of rotatable bonds is 6. The number of hydrogen-bond donors (Lipinski definition) is 1. The van der Waals surface area contributed by atoms with E-state index in [2.05, 4.69) is 28.8 Å². The van der Waals surface area contributed by atoms with E-state index in [1.807, 2.05) is 36.4 Å². The van der Waals surface area contributed by atoms with Crippen LogP contribution in [0.1, 0.15) is 12.0 Å². The molecule has 4 heteroatoms. The molecule has 0 bridgehead atoms. The van der Waals surface area contributed by atoms with Gasteiger partial charge < -0.3 is 9.67 Å². The molecule has 0 saturated carbocycles. The lowest BCUT2D eigenvalue weighted by Crippen LogP contribution is -2.05. The zero-order chi connectivity index (χ0) is 15.4. The predicted molar refractivity (Wildman–Crippen MR) is 90.2 cm³/mol. The molecule has 0 atom stereocenters. The highest BCUT2D eigenvalue weighted by atomic mass is 32.2. The third-order valence-electron chi connectivity index (χ3n) is 3.55. The zero-order valence-electron chi connectivity index (χ0n) is 12.1. The molecule has 1 aromatic heterocycles. The fourth-order valence-electron chi connectivity index (χ4n) is 2.47. The fourth-order valence-corrected chi connectivity index (χ4v) is 3.54. The summed E-state index contributed by atoms with van der Waals surface area (Å²) in [4.78, 5) is 10.9. The third kappa shape index (κ3) is 3.34. The molecule has 0 spiro atoms. The minimum absolute atomic E-state index is 0.136. The van der Waals surface area contributed by atoms with Gasteiger partial charge in [-0.25, -0.2) is 0 Å². The van der Waals surface area contributed by atoms with Crippen molar-refractivity contribution in [1.29, 1.82) is 0 Å². The van der Waals surface area contributed by atoms with Crippen LogP contribution in [0.2, 0.25) is 0 Å². The molecule has 112 valence electrons. The summed E-state index contributed by atoms with van der Waals surface area (Å²) in [5, 5.41) is 11.2. The van der Waals surface area contributed by atoms with E-state index in [0.717, 1.165) is 21.7 Å². The summed E-state index contributed by atoms with van der Waals surface area (Å²) in [5.41, 5.74) is 2.36. The average molecular weight is 311 g/mol. The molecule has 0 amide bonds. The summed E-state index contributed by atoms with van der Waals surface area (Å²) >= 11 is 1.75. The van der Waals surface area contributed by atoms with Gasteiger partial charge in [-0.05, 0) is 17.7 Å². The van der Waals surface area contributed by atoms with E-state index in [1.165, 1.54) is 5.56 Å². The van der Waals surface area contributed by atoms with Gasteiger partial charge in [0.15, 0.2) is 0 Å². The molecule has 1 N–H and O–H groups in total. The van der Waals surface area contributed by atoms with Gasteiger partial charge in [-0.15, -0.1) is 11.8 Å². The number of benzene rings is 2. The van der Waals surface area contributed by atoms with E-state index < -0.39 is 5.97 Å². The van der Waals surface area contributed by atoms with E-state index in [0.29, 0.717) is 6.54 Å². The smallest absolute Gasteiger partial charge is 0.305 e. The van der Waals surface area contributed by atoms with Gasteiger partial charge in [0.1, 0.15) is 0 Å². The first-order valence-electron chi connectivity index (χ1n) is 7.21. The van der Waals surface area contributed by atoms with Crippen molar-refractivity contribution in [2.75, 3.05) is 0 Å². The van der Waals surface area contributed by atoms with Crippen LogP contribution in [0.4, 0.5) is 0 Å². The number of carboxylic acid groups (broad SMARTS) is 1. The summed E-state index contributed by atoms with van der Waals surface area (Å²) < 4.78 is 2.11. The van der Waals surface area contributed by atoms with Crippen molar-refractivity contribution >= 4 is 28.6 Å². The lowest BCUT2D eigenvalue weighted by molar-refractivity contribution is -0.137. The van der Waals surface area contributed by atoms with E-state index in [-0.39, 0.29) is 6.42 Å². The number of hydrogen-bond acceptors (Lipinski definition) is 2. The lowest BCUT2D eigenvalue weighted by Gasteiger charge is -2.09. The van der Waals surface area contributed by atoms with Gasteiger partial charge in [-0.3, -0.25) is 4.79 Å². The average Bonchev–Trinajstić information content (AvgIpc) is 2.89. The van der Waals surface area contributed by atoms with Crippen molar-refractivity contribution < 1.29 is 9.90 Å². The van der Waals surface area contributed by atoms with Crippen molar-refractivity contribution in [2.45, 2.75) is 23.7 Å². The first kappa shape index (κ1) is 14.7. The van der Waals surface area contributed by atoms with Gasteiger partial charge >= 0.3 is 5.97 Å². The molecule has 22 heavy (non-hydrogen) atoms. The van der Waals surface area contributed by atoms with E-state index in [4.69, 9.17) is 5.11 Å². The van der Waals surface area contributed by atoms with Crippen molar-refractivity contribution in [3.8, 4) is 0 Å². The molecular formula is C18H17NO2S. The summed E-state index contributed by atoms with van der Waals surface area (Å²) in [7, 11) is 0. The highest BCUT2D eigenvalue weighted by Crippen LogP contribution is 2.30. The van der Waals surface area contributed by atoms with Crippen LogP contribution in [0.15, 0.2) is 65.7 Å². The standard InChI is InChI=1S/C18H17NO2S/c20-18(21)10-11-19-16-9-5-4-8-15(16)12-17(19)22-13-14-6-2-1-3-7-14/h1-9,12H,10-11,13H2,(H,20,21). The number of nitrogens with zero attached hydrogens (tertiary/aromatic N) is 1. The third-order valence-corrected chi connectivity index (χ3v) is 4.66. The maximum Gasteiger partial charge on any atom is 0.305 e. The maximum absolute atomic E-state index is 10.9. The van der Waals surface area contributed by atoms with Crippen LogP contribution in [0.3, 0.4) is 0 Å². The number of thioether (sulfide) groups is 1. The Morgan fingerprint density at radius 1 is 1.05 bits per heavy atom. The highest BCUT2D eigenvalue weighted by molar-refractivity contribution is 7.98. The molecule has 0 aliphatic carbocycles.